The average Bonchev–Trinajstić information content (AvgIpc) is 2.70. The van der Waals surface area contributed by atoms with Crippen LogP contribution < -0.4 is 11.5 Å². The van der Waals surface area contributed by atoms with Gasteiger partial charge in [-0.3, -0.25) is 9.59 Å². The summed E-state index contributed by atoms with van der Waals surface area (Å²) in [5.41, 5.74) is 11.7. The van der Waals surface area contributed by atoms with Gasteiger partial charge in [-0.15, -0.1) is 0 Å². The second kappa shape index (κ2) is 11.2. The number of nitrogens with zero attached hydrogens (tertiary/aromatic N) is 2. The van der Waals surface area contributed by atoms with Crippen molar-refractivity contribution >= 4 is 23.6 Å². The van der Waals surface area contributed by atoms with E-state index in [4.69, 9.17) is 16.2 Å². The average molecular weight is 451 g/mol. The van der Waals surface area contributed by atoms with Gasteiger partial charge in [-0.1, -0.05) is 26.8 Å². The summed E-state index contributed by atoms with van der Waals surface area (Å²) >= 11 is 0. The van der Waals surface area contributed by atoms with Gasteiger partial charge < -0.3 is 31.1 Å². The van der Waals surface area contributed by atoms with E-state index < -0.39 is 17.0 Å². The van der Waals surface area contributed by atoms with E-state index in [2.05, 4.69) is 0 Å². The monoisotopic (exact) mass is 450 g/mol. The molecule has 0 aromatic heterocycles. The lowest BCUT2D eigenvalue weighted by atomic mass is 9.89. The lowest BCUT2D eigenvalue weighted by molar-refractivity contribution is -0.142. The predicted octanol–water partition coefficient (Wildman–Crippen LogP) is 2.25. The number of hydrogen-bond acceptors (Lipinski definition) is 6. The zero-order chi connectivity index (χ0) is 24.7. The SMILES string of the molecule is CCC(=O)N(CC(C)(C)CO)C(C)(C)CC(=O)N(C)Cc1cc(N)ccc1COC(N)=O. The van der Waals surface area contributed by atoms with Gasteiger partial charge in [0.1, 0.15) is 6.61 Å². The highest BCUT2D eigenvalue weighted by Gasteiger charge is 2.36. The number of nitrogen functional groups attached to an aromatic ring is 1. The molecule has 9 heteroatoms. The van der Waals surface area contributed by atoms with E-state index >= 15 is 0 Å². The van der Waals surface area contributed by atoms with Crippen molar-refractivity contribution in [3.63, 3.8) is 0 Å². The summed E-state index contributed by atoms with van der Waals surface area (Å²) in [4.78, 5) is 39.9. The molecule has 0 spiro atoms. The number of primary amides is 1. The molecule has 0 aliphatic carbocycles. The first-order valence-corrected chi connectivity index (χ1v) is 10.7. The minimum Gasteiger partial charge on any atom is -0.445 e. The van der Waals surface area contributed by atoms with Gasteiger partial charge in [0.15, 0.2) is 0 Å². The number of nitrogens with two attached hydrogens (primary N) is 2. The Morgan fingerprint density at radius 3 is 2.25 bits per heavy atom. The smallest absolute Gasteiger partial charge is 0.404 e. The molecule has 1 rings (SSSR count). The van der Waals surface area contributed by atoms with E-state index in [9.17, 15) is 19.5 Å². The number of rotatable bonds is 11. The number of aliphatic hydroxyl groups is 1. The third kappa shape index (κ3) is 8.03. The standard InChI is InChI=1S/C23H38N4O5/c1-7-19(29)27(14-22(2,3)15-28)23(4,5)11-20(30)26(6)12-17-10-18(24)9-8-16(17)13-32-21(25)31/h8-10,28H,7,11-15,24H2,1-6H3,(H2,25,31). The van der Waals surface area contributed by atoms with Gasteiger partial charge in [-0.25, -0.2) is 4.79 Å². The Morgan fingerprint density at radius 2 is 1.72 bits per heavy atom. The van der Waals surface area contributed by atoms with Crippen molar-refractivity contribution in [1.29, 1.82) is 0 Å². The molecule has 0 radical (unpaired) electrons. The van der Waals surface area contributed by atoms with Crippen LogP contribution in [0.5, 0.6) is 0 Å². The first kappa shape index (κ1) is 27.2. The Bertz CT molecular complexity index is 823. The van der Waals surface area contributed by atoms with Crippen molar-refractivity contribution in [3.8, 4) is 0 Å². The van der Waals surface area contributed by atoms with Gasteiger partial charge in [0.2, 0.25) is 11.8 Å². The zero-order valence-corrected chi connectivity index (χ0v) is 20.1. The van der Waals surface area contributed by atoms with Crippen molar-refractivity contribution < 1.29 is 24.2 Å². The highest BCUT2D eigenvalue weighted by molar-refractivity contribution is 5.80. The van der Waals surface area contributed by atoms with Gasteiger partial charge in [0.25, 0.3) is 0 Å². The van der Waals surface area contributed by atoms with Crippen molar-refractivity contribution in [2.24, 2.45) is 11.1 Å². The van der Waals surface area contributed by atoms with E-state index in [0.717, 1.165) is 5.56 Å². The first-order valence-electron chi connectivity index (χ1n) is 10.7. The molecule has 1 aromatic rings. The molecular weight excluding hydrogens is 412 g/mol. The van der Waals surface area contributed by atoms with Crippen molar-refractivity contribution in [2.45, 2.75) is 66.2 Å². The molecule has 0 saturated carbocycles. The van der Waals surface area contributed by atoms with E-state index in [0.29, 0.717) is 24.2 Å². The number of amides is 3. The van der Waals surface area contributed by atoms with Crippen LogP contribution in [-0.2, 0) is 27.5 Å². The molecule has 180 valence electrons. The zero-order valence-electron chi connectivity index (χ0n) is 20.1. The molecule has 3 amide bonds. The van der Waals surface area contributed by atoms with E-state index in [1.165, 1.54) is 0 Å². The summed E-state index contributed by atoms with van der Waals surface area (Å²) in [5.74, 6) is -0.233. The fourth-order valence-electron chi connectivity index (χ4n) is 3.34. The maximum Gasteiger partial charge on any atom is 0.404 e. The summed E-state index contributed by atoms with van der Waals surface area (Å²) in [7, 11) is 1.67. The van der Waals surface area contributed by atoms with Gasteiger partial charge in [-0.2, -0.15) is 0 Å². The summed E-state index contributed by atoms with van der Waals surface area (Å²) in [6.45, 7) is 9.74. The lowest BCUT2D eigenvalue weighted by Crippen LogP contribution is -2.53. The number of benzene rings is 1. The normalized spacial score (nSPS) is 11.7. The van der Waals surface area contributed by atoms with Crippen LogP contribution in [0.2, 0.25) is 0 Å². The predicted molar refractivity (Wildman–Crippen MR) is 123 cm³/mol. The largest absolute Gasteiger partial charge is 0.445 e. The minimum atomic E-state index is -0.884. The Kier molecular flexibility index (Phi) is 9.51. The second-order valence-electron chi connectivity index (χ2n) is 9.53. The van der Waals surface area contributed by atoms with E-state index in [1.807, 2.05) is 27.7 Å². The molecule has 9 nitrogen and oxygen atoms in total. The molecule has 0 fully saturated rings. The maximum atomic E-state index is 13.1. The fourth-order valence-corrected chi connectivity index (χ4v) is 3.34. The third-order valence-electron chi connectivity index (χ3n) is 5.37. The molecular formula is C23H38N4O5. The molecule has 0 unspecified atom stereocenters. The molecule has 32 heavy (non-hydrogen) atoms. The highest BCUT2D eigenvalue weighted by atomic mass is 16.5. The number of carbonyl (C=O) groups is 3. The van der Waals surface area contributed by atoms with Crippen LogP contribution in [0, 0.1) is 5.41 Å². The van der Waals surface area contributed by atoms with Crippen LogP contribution in [0.4, 0.5) is 10.5 Å². The molecule has 5 N–H and O–H groups in total. The molecule has 0 saturated heterocycles. The molecule has 0 heterocycles. The van der Waals surface area contributed by atoms with Crippen molar-refractivity contribution in [3.05, 3.63) is 29.3 Å². The Balaban J connectivity index is 3.01. The first-order chi connectivity index (χ1) is 14.7. The van der Waals surface area contributed by atoms with Crippen molar-refractivity contribution in [2.75, 3.05) is 25.9 Å². The number of aliphatic hydroxyl groups excluding tert-OH is 1. The van der Waals surface area contributed by atoms with Gasteiger partial charge >= 0.3 is 6.09 Å². The van der Waals surface area contributed by atoms with Gasteiger partial charge in [-0.05, 0) is 37.1 Å². The lowest BCUT2D eigenvalue weighted by Gasteiger charge is -2.43. The molecule has 0 bridgehead atoms. The van der Waals surface area contributed by atoms with E-state index in [1.54, 1.807) is 42.0 Å². The van der Waals surface area contributed by atoms with Crippen LogP contribution in [-0.4, -0.2) is 58.6 Å². The van der Waals surface area contributed by atoms with Crippen LogP contribution in [0.25, 0.3) is 0 Å². The fraction of sp³-hybridized carbons (Fsp3) is 0.609. The minimum absolute atomic E-state index is 0.0203. The Labute approximate surface area is 190 Å². The van der Waals surface area contributed by atoms with Crippen LogP contribution in [0.15, 0.2) is 18.2 Å². The summed E-state index contributed by atoms with van der Waals surface area (Å²) in [5, 5.41) is 9.66. The Hall–Kier alpha value is -2.81. The van der Waals surface area contributed by atoms with Crippen molar-refractivity contribution in [1.82, 2.24) is 9.80 Å². The van der Waals surface area contributed by atoms with Gasteiger partial charge in [0, 0.05) is 56.2 Å². The number of carbonyl (C=O) groups excluding carboxylic acids is 3. The van der Waals surface area contributed by atoms with E-state index in [-0.39, 0.29) is 38.0 Å². The highest BCUT2D eigenvalue weighted by Crippen LogP contribution is 2.27. The summed E-state index contributed by atoms with van der Waals surface area (Å²) in [6.07, 6.45) is -0.473. The third-order valence-corrected chi connectivity index (χ3v) is 5.37. The quantitative estimate of drug-likeness (QED) is 0.442. The molecule has 0 aliphatic heterocycles. The topological polar surface area (TPSA) is 139 Å². The van der Waals surface area contributed by atoms with Crippen LogP contribution >= 0.6 is 0 Å². The van der Waals surface area contributed by atoms with Gasteiger partial charge in [0.05, 0.1) is 0 Å². The second-order valence-corrected chi connectivity index (χ2v) is 9.53. The molecule has 0 aliphatic rings. The number of hydrogen-bond donors (Lipinski definition) is 3. The summed E-state index contributed by atoms with van der Waals surface area (Å²) in [6, 6.07) is 5.14. The summed E-state index contributed by atoms with van der Waals surface area (Å²) < 4.78 is 4.89. The van der Waals surface area contributed by atoms with Crippen LogP contribution in [0.3, 0.4) is 0 Å². The maximum absolute atomic E-state index is 13.1. The molecule has 0 atom stereocenters. The molecule has 1 aromatic carbocycles. The Morgan fingerprint density at radius 1 is 1.09 bits per heavy atom. The van der Waals surface area contributed by atoms with Crippen LogP contribution in [0.1, 0.15) is 58.6 Å². The number of anilines is 1. The number of ether oxygens (including phenoxy) is 1.